The van der Waals surface area contributed by atoms with Crippen LogP contribution in [0.3, 0.4) is 0 Å². The molecule has 27 heavy (non-hydrogen) atoms. The second kappa shape index (κ2) is 21.9. The number of allylic oxidation sites excluding steroid dienone is 2. The van der Waals surface area contributed by atoms with E-state index in [2.05, 4.69) is 30.9 Å². The first-order chi connectivity index (χ1) is 13.2. The van der Waals surface area contributed by atoms with Gasteiger partial charge in [-0.05, 0) is 84.0 Å². The van der Waals surface area contributed by atoms with E-state index in [0.29, 0.717) is 6.04 Å². The Bertz CT molecular complexity index is 304. The molecule has 0 spiro atoms. The van der Waals surface area contributed by atoms with Crippen LogP contribution in [-0.2, 0) is 0 Å². The van der Waals surface area contributed by atoms with Crippen molar-refractivity contribution >= 4 is 0 Å². The topological polar surface area (TPSA) is 55.3 Å². The second-order valence-corrected chi connectivity index (χ2v) is 8.20. The summed E-state index contributed by atoms with van der Waals surface area (Å²) in [6, 6.07) is 0.389. The lowest BCUT2D eigenvalue weighted by Gasteiger charge is -2.21. The summed E-state index contributed by atoms with van der Waals surface area (Å²) < 4.78 is 0. The van der Waals surface area contributed by atoms with E-state index in [1.54, 1.807) is 0 Å². The van der Waals surface area contributed by atoms with Crippen LogP contribution in [0.25, 0.3) is 0 Å². The van der Waals surface area contributed by atoms with Gasteiger partial charge in [0.1, 0.15) is 0 Å². The zero-order valence-electron chi connectivity index (χ0n) is 18.8. The maximum Gasteiger partial charge on any atom is 0.00389 e. The molecule has 0 aliphatic heterocycles. The molecule has 0 aromatic rings. The number of hydrogen-bond acceptors (Lipinski definition) is 3. The molecule has 0 rings (SSSR count). The Labute approximate surface area is 171 Å². The maximum absolute atomic E-state index is 6.30. The summed E-state index contributed by atoms with van der Waals surface area (Å²) in [5.74, 6) is 0. The molecule has 162 valence electrons. The van der Waals surface area contributed by atoms with Crippen molar-refractivity contribution in [3.63, 3.8) is 0 Å². The molecule has 1 unspecified atom stereocenters. The summed E-state index contributed by atoms with van der Waals surface area (Å²) in [6.07, 6.45) is 24.0. The standard InChI is InChI=1S/C24H51N3/c1-3-5-6-7-8-9-10-11-12-13-14-18-24(26)19-15-16-22-27(21-4-2)23-17-20-25/h11-12,24H,3-10,13-23,25-26H2,1-2H3/b12-11-. The predicted molar refractivity (Wildman–Crippen MR) is 123 cm³/mol. The molecule has 0 radical (unpaired) electrons. The minimum absolute atomic E-state index is 0.389. The van der Waals surface area contributed by atoms with E-state index in [4.69, 9.17) is 11.5 Å². The van der Waals surface area contributed by atoms with E-state index in [9.17, 15) is 0 Å². The molecule has 3 nitrogen and oxygen atoms in total. The average Bonchev–Trinajstić information content (AvgIpc) is 2.67. The van der Waals surface area contributed by atoms with Crippen molar-refractivity contribution in [3.05, 3.63) is 12.2 Å². The molecule has 0 bridgehead atoms. The smallest absolute Gasteiger partial charge is 0.00389 e. The van der Waals surface area contributed by atoms with Gasteiger partial charge in [-0.15, -0.1) is 0 Å². The lowest BCUT2D eigenvalue weighted by atomic mass is 10.0. The molecule has 0 saturated carbocycles. The molecule has 0 aliphatic carbocycles. The van der Waals surface area contributed by atoms with Crippen molar-refractivity contribution in [2.24, 2.45) is 11.5 Å². The largest absolute Gasteiger partial charge is 0.330 e. The Kier molecular flexibility index (Phi) is 21.6. The normalized spacial score (nSPS) is 13.1. The molecule has 4 N–H and O–H groups in total. The van der Waals surface area contributed by atoms with Crippen LogP contribution >= 0.6 is 0 Å². The van der Waals surface area contributed by atoms with Gasteiger partial charge in [-0.1, -0.05) is 64.5 Å². The Balaban J connectivity index is 3.47. The quantitative estimate of drug-likeness (QED) is 0.189. The summed E-state index contributed by atoms with van der Waals surface area (Å²) in [5.41, 5.74) is 11.9. The van der Waals surface area contributed by atoms with Gasteiger partial charge in [0.2, 0.25) is 0 Å². The van der Waals surface area contributed by atoms with E-state index in [1.165, 1.54) is 103 Å². The molecule has 0 aromatic heterocycles. The van der Waals surface area contributed by atoms with E-state index < -0.39 is 0 Å². The number of rotatable bonds is 21. The van der Waals surface area contributed by atoms with Gasteiger partial charge >= 0.3 is 0 Å². The molecule has 0 aromatic carbocycles. The summed E-state index contributed by atoms with van der Waals surface area (Å²) in [6.45, 7) is 8.91. The predicted octanol–water partition coefficient (Wildman–Crippen LogP) is 6.02. The highest BCUT2D eigenvalue weighted by atomic mass is 15.1. The van der Waals surface area contributed by atoms with Crippen molar-refractivity contribution in [2.75, 3.05) is 26.2 Å². The summed E-state index contributed by atoms with van der Waals surface area (Å²) in [4.78, 5) is 2.56. The van der Waals surface area contributed by atoms with Gasteiger partial charge in [0.05, 0.1) is 0 Å². The van der Waals surface area contributed by atoms with Crippen LogP contribution in [0.15, 0.2) is 12.2 Å². The monoisotopic (exact) mass is 381 g/mol. The van der Waals surface area contributed by atoms with Crippen LogP contribution < -0.4 is 11.5 Å². The Morgan fingerprint density at radius 2 is 1.30 bits per heavy atom. The van der Waals surface area contributed by atoms with Crippen molar-refractivity contribution < 1.29 is 0 Å². The molecule has 0 saturated heterocycles. The Hall–Kier alpha value is -0.380. The number of unbranched alkanes of at least 4 members (excludes halogenated alkanes) is 8. The number of nitrogens with zero attached hydrogens (tertiary/aromatic N) is 1. The van der Waals surface area contributed by atoms with Crippen LogP contribution in [0.2, 0.25) is 0 Å². The van der Waals surface area contributed by atoms with Crippen molar-refractivity contribution in [2.45, 2.75) is 116 Å². The van der Waals surface area contributed by atoms with Crippen LogP contribution in [0.1, 0.15) is 110 Å². The number of nitrogens with two attached hydrogens (primary N) is 2. The molecular weight excluding hydrogens is 330 g/mol. The van der Waals surface area contributed by atoms with Gasteiger partial charge in [0.15, 0.2) is 0 Å². The Morgan fingerprint density at radius 3 is 2.00 bits per heavy atom. The molecule has 0 fully saturated rings. The fourth-order valence-electron chi connectivity index (χ4n) is 3.63. The van der Waals surface area contributed by atoms with Crippen LogP contribution in [-0.4, -0.2) is 37.1 Å². The molecule has 0 heterocycles. The first-order valence-corrected chi connectivity index (χ1v) is 12.1. The fraction of sp³-hybridized carbons (Fsp3) is 0.917. The highest BCUT2D eigenvalue weighted by Crippen LogP contribution is 2.10. The third-order valence-corrected chi connectivity index (χ3v) is 5.35. The highest BCUT2D eigenvalue weighted by molar-refractivity contribution is 4.81. The molecule has 0 amide bonds. The summed E-state index contributed by atoms with van der Waals surface area (Å²) >= 11 is 0. The highest BCUT2D eigenvalue weighted by Gasteiger charge is 2.05. The van der Waals surface area contributed by atoms with Crippen molar-refractivity contribution in [1.29, 1.82) is 0 Å². The fourth-order valence-corrected chi connectivity index (χ4v) is 3.63. The summed E-state index contributed by atoms with van der Waals surface area (Å²) in [5, 5.41) is 0. The van der Waals surface area contributed by atoms with E-state index >= 15 is 0 Å². The average molecular weight is 382 g/mol. The van der Waals surface area contributed by atoms with Gasteiger partial charge in [-0.3, -0.25) is 0 Å². The first-order valence-electron chi connectivity index (χ1n) is 12.1. The Morgan fingerprint density at radius 1 is 0.667 bits per heavy atom. The van der Waals surface area contributed by atoms with Crippen molar-refractivity contribution in [3.8, 4) is 0 Å². The van der Waals surface area contributed by atoms with E-state index in [1.807, 2.05) is 0 Å². The molecule has 3 heteroatoms. The number of hydrogen-bond donors (Lipinski definition) is 2. The zero-order chi connectivity index (χ0) is 20.0. The van der Waals surface area contributed by atoms with Crippen LogP contribution in [0, 0.1) is 0 Å². The molecule has 1 atom stereocenters. The first kappa shape index (κ1) is 26.6. The van der Waals surface area contributed by atoms with Crippen LogP contribution in [0.4, 0.5) is 0 Å². The van der Waals surface area contributed by atoms with Gasteiger partial charge in [0.25, 0.3) is 0 Å². The molecule has 0 aliphatic rings. The van der Waals surface area contributed by atoms with E-state index in [0.717, 1.165) is 19.5 Å². The third kappa shape index (κ3) is 20.2. The minimum Gasteiger partial charge on any atom is -0.330 e. The van der Waals surface area contributed by atoms with Crippen LogP contribution in [0.5, 0.6) is 0 Å². The minimum atomic E-state index is 0.389. The summed E-state index contributed by atoms with van der Waals surface area (Å²) in [7, 11) is 0. The SMILES string of the molecule is CCCCCCCC/C=C\CCCC(N)CCCCN(CCC)CCCN. The molecular formula is C24H51N3. The van der Waals surface area contributed by atoms with Gasteiger partial charge in [-0.2, -0.15) is 0 Å². The third-order valence-electron chi connectivity index (χ3n) is 5.35. The lowest BCUT2D eigenvalue weighted by Crippen LogP contribution is -2.28. The van der Waals surface area contributed by atoms with E-state index in [-0.39, 0.29) is 0 Å². The zero-order valence-corrected chi connectivity index (χ0v) is 18.8. The van der Waals surface area contributed by atoms with Gasteiger partial charge in [0, 0.05) is 6.04 Å². The van der Waals surface area contributed by atoms with Gasteiger partial charge in [-0.25, -0.2) is 0 Å². The maximum atomic E-state index is 6.30. The van der Waals surface area contributed by atoms with Gasteiger partial charge < -0.3 is 16.4 Å². The second-order valence-electron chi connectivity index (χ2n) is 8.20. The van der Waals surface area contributed by atoms with Crippen molar-refractivity contribution in [1.82, 2.24) is 4.90 Å². The lowest BCUT2D eigenvalue weighted by molar-refractivity contribution is 0.264.